The first-order valence-electron chi connectivity index (χ1n) is 12.4. The molecule has 0 aliphatic heterocycles. The number of nitrogens with one attached hydrogen (secondary N) is 1. The summed E-state index contributed by atoms with van der Waals surface area (Å²) in [5.74, 6) is -0.726. The Morgan fingerprint density at radius 1 is 1.18 bits per heavy atom. The molecule has 2 unspecified atom stereocenters. The number of hydrogen-bond donors (Lipinski definition) is 5. The molecule has 0 aromatic heterocycles. The summed E-state index contributed by atoms with van der Waals surface area (Å²) in [6.07, 6.45) is 12.0. The Hall–Kier alpha value is -0.620. The predicted octanol–water partition coefficient (Wildman–Crippen LogP) is 5.16. The summed E-state index contributed by atoms with van der Waals surface area (Å²) in [4.78, 5) is 22.6. The second kappa shape index (κ2) is 17.8. The molecular weight excluding hydrogens is 569 g/mol. The smallest absolute Gasteiger partial charge is 0.326 e. The maximum atomic E-state index is 11.4. The molecule has 1 rings (SSSR count). The van der Waals surface area contributed by atoms with Gasteiger partial charge < -0.3 is 20.4 Å². The van der Waals surface area contributed by atoms with Gasteiger partial charge in [-0.15, -0.1) is 11.8 Å². The quantitative estimate of drug-likeness (QED) is 0.0587. The fraction of sp³-hybridized carbons (Fsp3) is 0.760. The Balaban J connectivity index is 2.76. The van der Waals surface area contributed by atoms with Crippen LogP contribution in [0, 0.1) is 17.8 Å². The Labute approximate surface area is 222 Å². The van der Waals surface area contributed by atoms with Gasteiger partial charge in [0.25, 0.3) is 0 Å². The van der Waals surface area contributed by atoms with E-state index in [-0.39, 0.29) is 24.2 Å². The molecule has 1 fully saturated rings. The van der Waals surface area contributed by atoms with Crippen molar-refractivity contribution in [1.29, 1.82) is 0 Å². The zero-order valence-corrected chi connectivity index (χ0v) is 23.2. The molecule has 0 aromatic rings. The van der Waals surface area contributed by atoms with E-state index in [0.29, 0.717) is 23.5 Å². The number of unbranched alkanes of at least 4 members (excludes halogenated alkanes) is 5. The van der Waals surface area contributed by atoms with E-state index in [4.69, 9.17) is 5.11 Å². The molecule has 5 N–H and O–H groups in total. The summed E-state index contributed by atoms with van der Waals surface area (Å²) in [5.41, 5.74) is 0. The fourth-order valence-electron chi connectivity index (χ4n) is 4.62. The lowest BCUT2D eigenvalue weighted by atomic mass is 9.85. The SMILES string of the molecule is C=C(SC[C@@H]1C[C@H](O)[C@H](CCCCCCC(=O)O)[C@H]1/C=C/C(O)CCCCC)C(NI)C(=O)O. The minimum Gasteiger partial charge on any atom is -0.481 e. The molecule has 34 heavy (non-hydrogen) atoms. The number of hydrogen-bond acceptors (Lipinski definition) is 6. The second-order valence-corrected chi connectivity index (χ2v) is 11.0. The van der Waals surface area contributed by atoms with E-state index in [1.807, 2.05) is 28.9 Å². The topological polar surface area (TPSA) is 127 Å². The van der Waals surface area contributed by atoms with Gasteiger partial charge in [0.2, 0.25) is 0 Å². The highest BCUT2D eigenvalue weighted by molar-refractivity contribution is 14.1. The lowest BCUT2D eigenvalue weighted by Crippen LogP contribution is -2.31. The summed E-state index contributed by atoms with van der Waals surface area (Å²) >= 11 is 3.25. The van der Waals surface area contributed by atoms with Gasteiger partial charge in [-0.2, -0.15) is 0 Å². The van der Waals surface area contributed by atoms with Crippen LogP contribution in [0.4, 0.5) is 0 Å². The molecule has 196 valence electrons. The molecule has 0 aromatic carbocycles. The van der Waals surface area contributed by atoms with Crippen molar-refractivity contribution in [2.45, 2.75) is 95.8 Å². The largest absolute Gasteiger partial charge is 0.481 e. The van der Waals surface area contributed by atoms with Gasteiger partial charge in [0.05, 0.1) is 12.2 Å². The van der Waals surface area contributed by atoms with Gasteiger partial charge in [0.1, 0.15) is 6.04 Å². The summed E-state index contributed by atoms with van der Waals surface area (Å²) < 4.78 is 2.74. The number of aliphatic hydroxyl groups is 2. The van der Waals surface area contributed by atoms with Crippen LogP contribution >= 0.6 is 34.6 Å². The highest BCUT2D eigenvalue weighted by Gasteiger charge is 2.40. The third-order valence-electron chi connectivity index (χ3n) is 6.58. The number of rotatable bonds is 19. The van der Waals surface area contributed by atoms with Gasteiger partial charge in [-0.05, 0) is 43.4 Å². The highest BCUT2D eigenvalue weighted by atomic mass is 127. The number of aliphatic hydroxyl groups excluding tert-OH is 2. The molecule has 0 heterocycles. The standard InChI is InChI=1S/C25H42INO6S/c1-3-4-7-10-19(28)13-14-20-18(16-34-17(2)24(27-26)25(32)33)15-22(29)21(20)11-8-5-6-9-12-23(30)31/h13-14,18-22,24,27-29H,2-12,15-16H2,1H3,(H,30,31)(H,32,33)/b14-13+/t18-,19?,20-,21+,22-,24?/m0/s1. The first kappa shape index (κ1) is 31.4. The number of allylic oxidation sites excluding steroid dienone is 1. The molecule has 9 heteroatoms. The van der Waals surface area contributed by atoms with Gasteiger partial charge in [0, 0.05) is 39.9 Å². The van der Waals surface area contributed by atoms with Gasteiger partial charge in [-0.25, -0.2) is 3.53 Å². The van der Waals surface area contributed by atoms with Crippen molar-refractivity contribution in [2.24, 2.45) is 17.8 Å². The fourth-order valence-corrected chi connectivity index (χ4v) is 6.59. The zero-order chi connectivity index (χ0) is 25.5. The molecule has 6 atom stereocenters. The molecule has 0 radical (unpaired) electrons. The number of aliphatic carboxylic acids is 2. The molecule has 1 saturated carbocycles. The summed E-state index contributed by atoms with van der Waals surface area (Å²) in [6, 6.07) is -0.826. The molecule has 0 bridgehead atoms. The first-order valence-corrected chi connectivity index (χ1v) is 14.4. The molecule has 1 aliphatic rings. The Bertz CT molecular complexity index is 661. The van der Waals surface area contributed by atoms with Crippen LogP contribution in [0.15, 0.2) is 23.6 Å². The number of carboxylic acids is 2. The van der Waals surface area contributed by atoms with Crippen molar-refractivity contribution in [2.75, 3.05) is 5.75 Å². The lowest BCUT2D eigenvalue weighted by molar-refractivity contribution is -0.138. The zero-order valence-electron chi connectivity index (χ0n) is 20.2. The van der Waals surface area contributed by atoms with Crippen LogP contribution in [-0.4, -0.2) is 56.4 Å². The van der Waals surface area contributed by atoms with Crippen LogP contribution in [0.2, 0.25) is 0 Å². The first-order chi connectivity index (χ1) is 16.2. The van der Waals surface area contributed by atoms with Crippen LogP contribution < -0.4 is 3.53 Å². The molecule has 0 saturated heterocycles. The number of halogens is 1. The van der Waals surface area contributed by atoms with E-state index < -0.39 is 30.2 Å². The number of thioether (sulfide) groups is 1. The summed E-state index contributed by atoms with van der Waals surface area (Å²) in [6.45, 7) is 6.06. The average molecular weight is 612 g/mol. The maximum absolute atomic E-state index is 11.4. The molecular formula is C25H42INO6S. The van der Waals surface area contributed by atoms with Crippen LogP contribution in [-0.2, 0) is 9.59 Å². The lowest BCUT2D eigenvalue weighted by Gasteiger charge is -2.24. The van der Waals surface area contributed by atoms with Crippen LogP contribution in [0.5, 0.6) is 0 Å². The summed E-state index contributed by atoms with van der Waals surface area (Å²) in [5, 5.41) is 39.3. The van der Waals surface area contributed by atoms with Gasteiger partial charge in [-0.1, -0.05) is 64.2 Å². The van der Waals surface area contributed by atoms with E-state index in [0.717, 1.165) is 51.4 Å². The van der Waals surface area contributed by atoms with Crippen molar-refractivity contribution in [3.05, 3.63) is 23.6 Å². The molecule has 7 nitrogen and oxygen atoms in total. The predicted molar refractivity (Wildman–Crippen MR) is 146 cm³/mol. The van der Waals surface area contributed by atoms with Gasteiger partial charge >= 0.3 is 11.9 Å². The van der Waals surface area contributed by atoms with E-state index >= 15 is 0 Å². The normalized spacial score (nSPS) is 24.4. The third kappa shape index (κ3) is 11.9. The van der Waals surface area contributed by atoms with E-state index in [2.05, 4.69) is 23.1 Å². The molecule has 0 spiro atoms. The van der Waals surface area contributed by atoms with Crippen molar-refractivity contribution in [3.8, 4) is 0 Å². The van der Waals surface area contributed by atoms with Crippen molar-refractivity contribution in [1.82, 2.24) is 3.53 Å². The maximum Gasteiger partial charge on any atom is 0.326 e. The number of carbonyl (C=O) groups is 2. The Kier molecular flexibility index (Phi) is 16.4. The van der Waals surface area contributed by atoms with E-state index in [1.165, 1.54) is 11.8 Å². The monoisotopic (exact) mass is 611 g/mol. The molecule has 1 aliphatic carbocycles. The molecule has 0 amide bonds. The van der Waals surface area contributed by atoms with Gasteiger partial charge in [0.15, 0.2) is 0 Å². The van der Waals surface area contributed by atoms with Crippen molar-refractivity contribution < 1.29 is 30.0 Å². The number of carboxylic acid groups (broad SMARTS) is 2. The van der Waals surface area contributed by atoms with Crippen molar-refractivity contribution >= 4 is 46.6 Å². The average Bonchev–Trinajstić information content (AvgIpc) is 3.07. The highest BCUT2D eigenvalue weighted by Crippen LogP contribution is 2.43. The third-order valence-corrected chi connectivity index (χ3v) is 8.40. The minimum atomic E-state index is -0.967. The Morgan fingerprint density at radius 3 is 2.50 bits per heavy atom. The Morgan fingerprint density at radius 2 is 1.88 bits per heavy atom. The summed E-state index contributed by atoms with van der Waals surface area (Å²) in [7, 11) is 0. The van der Waals surface area contributed by atoms with Gasteiger partial charge in [-0.3, -0.25) is 9.59 Å². The van der Waals surface area contributed by atoms with Crippen LogP contribution in [0.1, 0.15) is 77.6 Å². The second-order valence-electron chi connectivity index (χ2n) is 9.26. The van der Waals surface area contributed by atoms with E-state index in [9.17, 15) is 24.9 Å². The van der Waals surface area contributed by atoms with Crippen LogP contribution in [0.3, 0.4) is 0 Å². The van der Waals surface area contributed by atoms with Crippen molar-refractivity contribution in [3.63, 3.8) is 0 Å². The van der Waals surface area contributed by atoms with Crippen LogP contribution in [0.25, 0.3) is 0 Å². The minimum absolute atomic E-state index is 0.0791. The van der Waals surface area contributed by atoms with E-state index in [1.54, 1.807) is 0 Å².